The molecule has 0 radical (unpaired) electrons. The highest BCUT2D eigenvalue weighted by molar-refractivity contribution is 6.34. The van der Waals surface area contributed by atoms with E-state index in [4.69, 9.17) is 23.2 Å². The van der Waals surface area contributed by atoms with Gasteiger partial charge in [-0.3, -0.25) is 9.78 Å². The van der Waals surface area contributed by atoms with Crippen molar-refractivity contribution in [1.82, 2.24) is 15.3 Å². The van der Waals surface area contributed by atoms with Gasteiger partial charge >= 0.3 is 0 Å². The van der Waals surface area contributed by atoms with Crippen LogP contribution in [-0.2, 0) is 0 Å². The molecule has 0 aliphatic rings. The standard InChI is InChI=1S/C18H13Cl2N3O/c19-13-9-10-15(20)22-17(13)18(24)23-16(12-6-2-1-3-7-12)14-8-4-5-11-21-14/h1-11,16H,(H,23,24). The summed E-state index contributed by atoms with van der Waals surface area (Å²) in [6.45, 7) is 0. The van der Waals surface area contributed by atoms with Crippen LogP contribution in [0, 0.1) is 0 Å². The molecule has 1 N–H and O–H groups in total. The fourth-order valence-corrected chi connectivity index (χ4v) is 2.64. The first-order valence-electron chi connectivity index (χ1n) is 7.24. The van der Waals surface area contributed by atoms with Gasteiger partial charge in [0.2, 0.25) is 0 Å². The average Bonchev–Trinajstić information content (AvgIpc) is 2.63. The monoisotopic (exact) mass is 357 g/mol. The van der Waals surface area contributed by atoms with Gasteiger partial charge in [-0.1, -0.05) is 59.6 Å². The van der Waals surface area contributed by atoms with Gasteiger partial charge in [-0.25, -0.2) is 4.98 Å². The second-order valence-electron chi connectivity index (χ2n) is 5.04. The van der Waals surface area contributed by atoms with Crippen molar-refractivity contribution in [3.05, 3.63) is 94.0 Å². The Bertz CT molecular complexity index is 802. The third kappa shape index (κ3) is 3.72. The Morgan fingerprint density at radius 2 is 1.71 bits per heavy atom. The van der Waals surface area contributed by atoms with E-state index in [-0.39, 0.29) is 15.9 Å². The lowest BCUT2D eigenvalue weighted by Crippen LogP contribution is -2.30. The number of aromatic nitrogens is 2. The minimum atomic E-state index is -0.420. The minimum Gasteiger partial charge on any atom is -0.338 e. The van der Waals surface area contributed by atoms with Gasteiger partial charge in [0, 0.05) is 6.20 Å². The molecule has 2 aromatic heterocycles. The molecule has 0 saturated heterocycles. The van der Waals surface area contributed by atoms with Crippen LogP contribution in [0.5, 0.6) is 0 Å². The number of nitrogens with zero attached hydrogens (tertiary/aromatic N) is 2. The van der Waals surface area contributed by atoms with Crippen LogP contribution in [0.25, 0.3) is 0 Å². The molecule has 0 fully saturated rings. The highest BCUT2D eigenvalue weighted by Crippen LogP contribution is 2.22. The normalized spacial score (nSPS) is 11.8. The van der Waals surface area contributed by atoms with Crippen LogP contribution in [0.15, 0.2) is 66.9 Å². The number of rotatable bonds is 4. The van der Waals surface area contributed by atoms with Crippen LogP contribution in [0.3, 0.4) is 0 Å². The fraction of sp³-hybridized carbons (Fsp3) is 0.0556. The largest absolute Gasteiger partial charge is 0.338 e. The summed E-state index contributed by atoms with van der Waals surface area (Å²) in [6.07, 6.45) is 1.68. The van der Waals surface area contributed by atoms with Crippen molar-refractivity contribution in [2.24, 2.45) is 0 Å². The average molecular weight is 358 g/mol. The van der Waals surface area contributed by atoms with Gasteiger partial charge in [-0.05, 0) is 29.8 Å². The van der Waals surface area contributed by atoms with Gasteiger partial charge in [0.25, 0.3) is 5.91 Å². The zero-order valence-electron chi connectivity index (χ0n) is 12.5. The van der Waals surface area contributed by atoms with Crippen LogP contribution in [-0.4, -0.2) is 15.9 Å². The van der Waals surface area contributed by atoms with E-state index in [0.29, 0.717) is 0 Å². The molecule has 1 unspecified atom stereocenters. The number of carbonyl (C=O) groups excluding carboxylic acids is 1. The molecular weight excluding hydrogens is 345 g/mol. The topological polar surface area (TPSA) is 54.9 Å². The molecule has 1 atom stereocenters. The Morgan fingerprint density at radius 3 is 2.42 bits per heavy atom. The highest BCUT2D eigenvalue weighted by Gasteiger charge is 2.21. The first-order valence-corrected chi connectivity index (χ1v) is 7.99. The third-order valence-electron chi connectivity index (χ3n) is 3.42. The lowest BCUT2D eigenvalue weighted by Gasteiger charge is -2.19. The number of benzene rings is 1. The van der Waals surface area contributed by atoms with Gasteiger partial charge in [-0.2, -0.15) is 0 Å². The molecule has 0 bridgehead atoms. The number of hydrogen-bond acceptors (Lipinski definition) is 3. The number of carbonyl (C=O) groups is 1. The summed E-state index contributed by atoms with van der Waals surface area (Å²) in [4.78, 5) is 21.0. The first kappa shape index (κ1) is 16.4. The number of halogens is 2. The summed E-state index contributed by atoms with van der Waals surface area (Å²) in [5.74, 6) is -0.415. The van der Waals surface area contributed by atoms with Crippen molar-refractivity contribution in [2.75, 3.05) is 0 Å². The van der Waals surface area contributed by atoms with E-state index in [0.717, 1.165) is 11.3 Å². The quantitative estimate of drug-likeness (QED) is 0.708. The molecule has 0 spiro atoms. The van der Waals surface area contributed by atoms with Gasteiger partial charge in [-0.15, -0.1) is 0 Å². The molecule has 0 aliphatic carbocycles. The number of nitrogens with one attached hydrogen (secondary N) is 1. The van der Waals surface area contributed by atoms with E-state index >= 15 is 0 Å². The Balaban J connectivity index is 1.95. The van der Waals surface area contributed by atoms with E-state index < -0.39 is 11.9 Å². The maximum Gasteiger partial charge on any atom is 0.272 e. The SMILES string of the molecule is O=C(NC(c1ccccc1)c1ccccn1)c1nc(Cl)ccc1Cl. The summed E-state index contributed by atoms with van der Waals surface area (Å²) < 4.78 is 0. The number of hydrogen-bond donors (Lipinski definition) is 1. The maximum atomic E-state index is 12.6. The second kappa shape index (κ2) is 7.43. The summed E-state index contributed by atoms with van der Waals surface area (Å²) in [7, 11) is 0. The molecule has 24 heavy (non-hydrogen) atoms. The number of pyridine rings is 2. The second-order valence-corrected chi connectivity index (χ2v) is 5.83. The molecule has 120 valence electrons. The van der Waals surface area contributed by atoms with Crippen LogP contribution < -0.4 is 5.32 Å². The lowest BCUT2D eigenvalue weighted by atomic mass is 10.0. The molecule has 6 heteroatoms. The Hall–Kier alpha value is -2.43. The van der Waals surface area contributed by atoms with Crippen molar-refractivity contribution in [3.8, 4) is 0 Å². The van der Waals surface area contributed by atoms with Gasteiger partial charge in [0.15, 0.2) is 0 Å². The first-order chi connectivity index (χ1) is 11.6. The van der Waals surface area contributed by atoms with E-state index in [1.54, 1.807) is 12.3 Å². The number of amides is 1. The predicted molar refractivity (Wildman–Crippen MR) is 94.2 cm³/mol. The van der Waals surface area contributed by atoms with Crippen molar-refractivity contribution >= 4 is 29.1 Å². The molecule has 2 heterocycles. The lowest BCUT2D eigenvalue weighted by molar-refractivity contribution is 0.0937. The zero-order chi connectivity index (χ0) is 16.9. The third-order valence-corrected chi connectivity index (χ3v) is 3.93. The molecule has 0 saturated carbocycles. The Kier molecular flexibility index (Phi) is 5.08. The summed E-state index contributed by atoms with van der Waals surface area (Å²) in [6, 6.07) is 17.8. The molecule has 1 aromatic carbocycles. The van der Waals surface area contributed by atoms with Crippen molar-refractivity contribution in [2.45, 2.75) is 6.04 Å². The van der Waals surface area contributed by atoms with E-state index in [2.05, 4.69) is 15.3 Å². The molecule has 3 rings (SSSR count). The van der Waals surface area contributed by atoms with E-state index in [1.165, 1.54) is 6.07 Å². The Morgan fingerprint density at radius 1 is 0.958 bits per heavy atom. The smallest absolute Gasteiger partial charge is 0.272 e. The maximum absolute atomic E-state index is 12.6. The van der Waals surface area contributed by atoms with Crippen molar-refractivity contribution in [3.63, 3.8) is 0 Å². The van der Waals surface area contributed by atoms with Crippen LogP contribution >= 0.6 is 23.2 Å². The fourth-order valence-electron chi connectivity index (χ4n) is 2.30. The summed E-state index contributed by atoms with van der Waals surface area (Å²) in [5.41, 5.74) is 1.71. The molecule has 0 aliphatic heterocycles. The Labute approximate surface area is 149 Å². The van der Waals surface area contributed by atoms with Crippen molar-refractivity contribution in [1.29, 1.82) is 0 Å². The zero-order valence-corrected chi connectivity index (χ0v) is 14.0. The molecule has 3 aromatic rings. The van der Waals surface area contributed by atoms with Gasteiger partial charge in [0.05, 0.1) is 16.8 Å². The highest BCUT2D eigenvalue weighted by atomic mass is 35.5. The molecule has 1 amide bonds. The van der Waals surface area contributed by atoms with Crippen LogP contribution in [0.4, 0.5) is 0 Å². The van der Waals surface area contributed by atoms with E-state index in [9.17, 15) is 4.79 Å². The summed E-state index contributed by atoms with van der Waals surface area (Å²) >= 11 is 11.9. The van der Waals surface area contributed by atoms with Gasteiger partial charge in [0.1, 0.15) is 10.8 Å². The molecule has 4 nitrogen and oxygen atoms in total. The predicted octanol–water partition coefficient (Wildman–Crippen LogP) is 4.30. The van der Waals surface area contributed by atoms with E-state index in [1.807, 2.05) is 48.5 Å². The minimum absolute atomic E-state index is 0.0843. The summed E-state index contributed by atoms with van der Waals surface area (Å²) in [5, 5.41) is 3.37. The van der Waals surface area contributed by atoms with Gasteiger partial charge < -0.3 is 5.32 Å². The van der Waals surface area contributed by atoms with Crippen molar-refractivity contribution < 1.29 is 4.79 Å². The molecular formula is C18H13Cl2N3O. The van der Waals surface area contributed by atoms with Crippen LogP contribution in [0.1, 0.15) is 27.8 Å². The van der Waals surface area contributed by atoms with Crippen LogP contribution in [0.2, 0.25) is 10.2 Å².